The molecule has 20 heavy (non-hydrogen) atoms. The second-order valence-electron chi connectivity index (χ2n) is 7.46. The van der Waals surface area contributed by atoms with Gasteiger partial charge in [-0.05, 0) is 56.4 Å². The van der Waals surface area contributed by atoms with Crippen LogP contribution in [0.2, 0.25) is 0 Å². The zero-order chi connectivity index (χ0) is 14.6. The van der Waals surface area contributed by atoms with E-state index in [-0.39, 0.29) is 5.91 Å². The highest BCUT2D eigenvalue weighted by atomic mass is 16.1. The van der Waals surface area contributed by atoms with Crippen LogP contribution in [0.15, 0.2) is 0 Å². The molecule has 0 radical (unpaired) electrons. The molecule has 0 bridgehead atoms. The van der Waals surface area contributed by atoms with E-state index in [0.717, 1.165) is 31.7 Å². The van der Waals surface area contributed by atoms with Crippen LogP contribution in [-0.2, 0) is 4.79 Å². The highest BCUT2D eigenvalue weighted by Crippen LogP contribution is 2.40. The predicted octanol–water partition coefficient (Wildman–Crippen LogP) is 3.24. The van der Waals surface area contributed by atoms with E-state index in [2.05, 4.69) is 31.4 Å². The van der Waals surface area contributed by atoms with Gasteiger partial charge in [-0.1, -0.05) is 27.2 Å². The first kappa shape index (κ1) is 15.8. The first-order valence-electron chi connectivity index (χ1n) is 8.54. The third kappa shape index (κ3) is 4.21. The molecular weight excluding hydrogens is 248 g/mol. The van der Waals surface area contributed by atoms with E-state index in [1.807, 2.05) is 0 Å². The topological polar surface area (TPSA) is 41.1 Å². The van der Waals surface area contributed by atoms with Gasteiger partial charge in [-0.25, -0.2) is 0 Å². The number of hydrogen-bond acceptors (Lipinski definition) is 2. The van der Waals surface area contributed by atoms with Crippen molar-refractivity contribution in [1.29, 1.82) is 0 Å². The van der Waals surface area contributed by atoms with E-state index >= 15 is 0 Å². The maximum absolute atomic E-state index is 12.1. The third-order valence-corrected chi connectivity index (χ3v) is 5.70. The van der Waals surface area contributed by atoms with Crippen LogP contribution in [0.3, 0.4) is 0 Å². The van der Waals surface area contributed by atoms with Crippen molar-refractivity contribution in [1.82, 2.24) is 10.6 Å². The quantitative estimate of drug-likeness (QED) is 0.811. The molecule has 3 heteroatoms. The molecule has 2 N–H and O–H groups in total. The Kier molecular flexibility index (Phi) is 5.48. The fraction of sp³-hybridized carbons (Fsp3) is 0.941. The van der Waals surface area contributed by atoms with Crippen LogP contribution in [0.5, 0.6) is 0 Å². The molecule has 0 aromatic rings. The van der Waals surface area contributed by atoms with Crippen molar-refractivity contribution in [2.24, 2.45) is 11.3 Å². The van der Waals surface area contributed by atoms with Gasteiger partial charge >= 0.3 is 0 Å². The lowest BCUT2D eigenvalue weighted by Gasteiger charge is -2.39. The Morgan fingerprint density at radius 2 is 1.90 bits per heavy atom. The molecular formula is C17H32N2O. The molecule has 0 aromatic heterocycles. The summed E-state index contributed by atoms with van der Waals surface area (Å²) in [6.45, 7) is 8.16. The van der Waals surface area contributed by atoms with Crippen LogP contribution >= 0.6 is 0 Å². The summed E-state index contributed by atoms with van der Waals surface area (Å²) in [7, 11) is 0. The Balaban J connectivity index is 1.70. The lowest BCUT2D eigenvalue weighted by molar-refractivity contribution is -0.122. The van der Waals surface area contributed by atoms with E-state index in [0.29, 0.717) is 23.9 Å². The highest BCUT2D eigenvalue weighted by Gasteiger charge is 2.32. The fourth-order valence-electron chi connectivity index (χ4n) is 3.75. The Morgan fingerprint density at radius 1 is 1.20 bits per heavy atom. The van der Waals surface area contributed by atoms with Gasteiger partial charge in [-0.2, -0.15) is 0 Å². The zero-order valence-corrected chi connectivity index (χ0v) is 13.5. The molecule has 1 aliphatic carbocycles. The Hall–Kier alpha value is -0.570. The van der Waals surface area contributed by atoms with Crippen LogP contribution in [0.25, 0.3) is 0 Å². The zero-order valence-electron chi connectivity index (χ0n) is 13.5. The minimum atomic E-state index is 0.252. The summed E-state index contributed by atoms with van der Waals surface area (Å²) in [6.07, 6.45) is 9.17. The first-order chi connectivity index (χ1) is 9.51. The van der Waals surface area contributed by atoms with Crippen molar-refractivity contribution >= 4 is 5.91 Å². The van der Waals surface area contributed by atoms with Gasteiger partial charge in [0.15, 0.2) is 0 Å². The summed E-state index contributed by atoms with van der Waals surface area (Å²) in [4.78, 5) is 12.1. The van der Waals surface area contributed by atoms with Gasteiger partial charge in [0.05, 0.1) is 0 Å². The van der Waals surface area contributed by atoms with Crippen molar-refractivity contribution in [3.8, 4) is 0 Å². The molecule has 1 saturated carbocycles. The summed E-state index contributed by atoms with van der Waals surface area (Å²) >= 11 is 0. The summed E-state index contributed by atoms with van der Waals surface area (Å²) in [6, 6.07) is 0.846. The Bertz CT molecular complexity index is 313. The average molecular weight is 280 g/mol. The van der Waals surface area contributed by atoms with Crippen molar-refractivity contribution in [2.45, 2.75) is 84.2 Å². The minimum absolute atomic E-state index is 0.252. The van der Waals surface area contributed by atoms with E-state index in [4.69, 9.17) is 0 Å². The van der Waals surface area contributed by atoms with E-state index in [1.54, 1.807) is 0 Å². The Morgan fingerprint density at radius 3 is 2.45 bits per heavy atom. The van der Waals surface area contributed by atoms with Crippen LogP contribution < -0.4 is 10.6 Å². The standard InChI is InChI=1S/C17H32N2O/c1-4-17(2,3)13-7-9-14(10-8-13)19-16(20)12-15-6-5-11-18-15/h13-15,18H,4-12H2,1-3H3,(H,19,20). The van der Waals surface area contributed by atoms with Crippen LogP contribution in [0.1, 0.15) is 72.1 Å². The molecule has 116 valence electrons. The second-order valence-corrected chi connectivity index (χ2v) is 7.46. The summed E-state index contributed by atoms with van der Waals surface area (Å²) in [5.74, 6) is 1.08. The van der Waals surface area contributed by atoms with Gasteiger partial charge < -0.3 is 10.6 Å². The van der Waals surface area contributed by atoms with Gasteiger partial charge in [0.2, 0.25) is 5.91 Å². The smallest absolute Gasteiger partial charge is 0.221 e. The summed E-state index contributed by atoms with van der Waals surface area (Å²) in [5, 5.41) is 6.66. The van der Waals surface area contributed by atoms with E-state index < -0.39 is 0 Å². The van der Waals surface area contributed by atoms with Crippen molar-refractivity contribution in [2.75, 3.05) is 6.54 Å². The van der Waals surface area contributed by atoms with Crippen molar-refractivity contribution in [3.05, 3.63) is 0 Å². The molecule has 2 aliphatic rings. The van der Waals surface area contributed by atoms with Gasteiger partial charge in [-0.3, -0.25) is 4.79 Å². The number of rotatable bonds is 5. The predicted molar refractivity (Wildman–Crippen MR) is 83.6 cm³/mol. The van der Waals surface area contributed by atoms with E-state index in [9.17, 15) is 4.79 Å². The molecule has 1 heterocycles. The number of hydrogen-bond donors (Lipinski definition) is 2. The maximum atomic E-state index is 12.1. The number of carbonyl (C=O) groups excluding carboxylic acids is 1. The van der Waals surface area contributed by atoms with Crippen molar-refractivity contribution < 1.29 is 4.79 Å². The lowest BCUT2D eigenvalue weighted by Crippen LogP contribution is -2.41. The molecule has 2 rings (SSSR count). The highest BCUT2D eigenvalue weighted by molar-refractivity contribution is 5.76. The SMILES string of the molecule is CCC(C)(C)C1CCC(NC(=O)CC2CCCN2)CC1. The third-order valence-electron chi connectivity index (χ3n) is 5.70. The van der Waals surface area contributed by atoms with Gasteiger partial charge in [0, 0.05) is 18.5 Å². The van der Waals surface area contributed by atoms with Crippen LogP contribution in [0.4, 0.5) is 0 Å². The Labute approximate surface area is 124 Å². The van der Waals surface area contributed by atoms with Gasteiger partial charge in [0.1, 0.15) is 0 Å². The molecule has 1 amide bonds. The molecule has 1 aliphatic heterocycles. The largest absolute Gasteiger partial charge is 0.353 e. The van der Waals surface area contributed by atoms with Crippen LogP contribution in [-0.4, -0.2) is 24.5 Å². The van der Waals surface area contributed by atoms with Crippen molar-refractivity contribution in [3.63, 3.8) is 0 Å². The number of amides is 1. The molecule has 2 fully saturated rings. The summed E-state index contributed by atoms with van der Waals surface area (Å²) < 4.78 is 0. The van der Waals surface area contributed by atoms with Gasteiger partial charge in [0.25, 0.3) is 0 Å². The first-order valence-corrected chi connectivity index (χ1v) is 8.54. The molecule has 0 aromatic carbocycles. The average Bonchev–Trinajstić information content (AvgIpc) is 2.92. The number of nitrogens with one attached hydrogen (secondary N) is 2. The number of carbonyl (C=O) groups is 1. The minimum Gasteiger partial charge on any atom is -0.353 e. The fourth-order valence-corrected chi connectivity index (χ4v) is 3.75. The second kappa shape index (κ2) is 6.93. The molecule has 3 nitrogen and oxygen atoms in total. The van der Waals surface area contributed by atoms with Gasteiger partial charge in [-0.15, -0.1) is 0 Å². The van der Waals surface area contributed by atoms with E-state index in [1.165, 1.54) is 25.7 Å². The monoisotopic (exact) mass is 280 g/mol. The normalized spacial score (nSPS) is 31.2. The molecule has 1 atom stereocenters. The molecule has 0 spiro atoms. The maximum Gasteiger partial charge on any atom is 0.221 e. The lowest BCUT2D eigenvalue weighted by atomic mass is 9.69. The molecule has 1 saturated heterocycles. The van der Waals surface area contributed by atoms with Crippen LogP contribution in [0, 0.1) is 11.3 Å². The molecule has 1 unspecified atom stereocenters. The summed E-state index contributed by atoms with van der Waals surface area (Å²) in [5.41, 5.74) is 0.461.